The summed E-state index contributed by atoms with van der Waals surface area (Å²) < 4.78 is 0. The number of carbonyl (C=O) groups excluding carboxylic acids is 1. The van der Waals surface area contributed by atoms with Crippen LogP contribution in [0.15, 0.2) is 42.5 Å². The number of benzene rings is 2. The van der Waals surface area contributed by atoms with E-state index in [9.17, 15) is 14.9 Å². The van der Waals surface area contributed by atoms with Gasteiger partial charge >= 0.3 is 0 Å². The lowest BCUT2D eigenvalue weighted by Gasteiger charge is -2.08. The summed E-state index contributed by atoms with van der Waals surface area (Å²) in [5.41, 5.74) is 7.90. The fraction of sp³-hybridized carbons (Fsp3) is 0.133. The van der Waals surface area contributed by atoms with Crippen LogP contribution < -0.4 is 11.1 Å². The number of nitrogen functional groups attached to an aromatic ring is 1. The highest BCUT2D eigenvalue weighted by atomic mass is 16.6. The summed E-state index contributed by atoms with van der Waals surface area (Å²) in [4.78, 5) is 22.3. The standard InChI is InChI=1S/C15H15N3O3/c1-10-3-2-4-11(7-10)9-17-15(19)13-8-12(18(20)21)5-6-14(13)16/h2-8H,9,16H2,1H3,(H,17,19). The second kappa shape index (κ2) is 6.04. The van der Waals surface area contributed by atoms with Crippen molar-refractivity contribution in [2.24, 2.45) is 0 Å². The molecule has 0 heterocycles. The van der Waals surface area contributed by atoms with Gasteiger partial charge in [-0.15, -0.1) is 0 Å². The topological polar surface area (TPSA) is 98.3 Å². The molecule has 0 bridgehead atoms. The molecule has 0 atom stereocenters. The maximum absolute atomic E-state index is 12.1. The molecule has 6 heteroatoms. The number of rotatable bonds is 4. The van der Waals surface area contributed by atoms with Gasteiger partial charge < -0.3 is 11.1 Å². The molecule has 21 heavy (non-hydrogen) atoms. The number of nitro benzene ring substituents is 1. The number of nitrogens with zero attached hydrogens (tertiary/aromatic N) is 1. The van der Waals surface area contributed by atoms with Crippen molar-refractivity contribution in [3.63, 3.8) is 0 Å². The van der Waals surface area contributed by atoms with Crippen molar-refractivity contribution in [2.45, 2.75) is 13.5 Å². The van der Waals surface area contributed by atoms with Crippen LogP contribution in [-0.2, 0) is 6.54 Å². The van der Waals surface area contributed by atoms with Crippen LogP contribution in [0, 0.1) is 17.0 Å². The van der Waals surface area contributed by atoms with E-state index in [1.54, 1.807) is 0 Å². The van der Waals surface area contributed by atoms with E-state index in [2.05, 4.69) is 5.32 Å². The van der Waals surface area contributed by atoms with Gasteiger partial charge in [-0.25, -0.2) is 0 Å². The molecule has 3 N–H and O–H groups in total. The van der Waals surface area contributed by atoms with Crippen LogP contribution in [-0.4, -0.2) is 10.8 Å². The molecule has 2 aromatic rings. The quantitative estimate of drug-likeness (QED) is 0.512. The number of hydrogen-bond acceptors (Lipinski definition) is 4. The van der Waals surface area contributed by atoms with Gasteiger partial charge in [-0.1, -0.05) is 29.8 Å². The van der Waals surface area contributed by atoms with E-state index in [4.69, 9.17) is 5.73 Å². The minimum atomic E-state index is -0.559. The average molecular weight is 285 g/mol. The average Bonchev–Trinajstić information content (AvgIpc) is 2.45. The molecule has 0 unspecified atom stereocenters. The Balaban J connectivity index is 2.13. The molecule has 0 spiro atoms. The largest absolute Gasteiger partial charge is 0.398 e. The third-order valence-electron chi connectivity index (χ3n) is 3.03. The van der Waals surface area contributed by atoms with Crippen LogP contribution >= 0.6 is 0 Å². The number of carbonyl (C=O) groups is 1. The normalized spacial score (nSPS) is 10.1. The summed E-state index contributed by atoms with van der Waals surface area (Å²) in [6, 6.07) is 11.5. The summed E-state index contributed by atoms with van der Waals surface area (Å²) >= 11 is 0. The Kier molecular flexibility index (Phi) is 4.18. The van der Waals surface area contributed by atoms with Crippen LogP contribution in [0.4, 0.5) is 11.4 Å². The van der Waals surface area contributed by atoms with Gasteiger partial charge in [-0.3, -0.25) is 14.9 Å². The molecule has 1 amide bonds. The zero-order valence-corrected chi connectivity index (χ0v) is 11.5. The van der Waals surface area contributed by atoms with Crippen LogP contribution in [0.5, 0.6) is 0 Å². The summed E-state index contributed by atoms with van der Waals surface area (Å²) in [5.74, 6) is -0.433. The van der Waals surface area contributed by atoms with Crippen LogP contribution in [0.1, 0.15) is 21.5 Å². The molecule has 0 aliphatic carbocycles. The Morgan fingerprint density at radius 3 is 2.71 bits per heavy atom. The highest BCUT2D eigenvalue weighted by Crippen LogP contribution is 2.19. The Labute approximate surface area is 121 Å². The first-order valence-electron chi connectivity index (χ1n) is 6.35. The van der Waals surface area contributed by atoms with Crippen molar-refractivity contribution in [2.75, 3.05) is 5.73 Å². The number of nitro groups is 1. The molecule has 0 radical (unpaired) electrons. The number of non-ortho nitro benzene ring substituents is 1. The van der Waals surface area contributed by atoms with Crippen LogP contribution in [0.25, 0.3) is 0 Å². The number of anilines is 1. The molecule has 6 nitrogen and oxygen atoms in total. The Morgan fingerprint density at radius 2 is 2.05 bits per heavy atom. The van der Waals surface area contributed by atoms with E-state index in [1.165, 1.54) is 18.2 Å². The molecule has 0 aromatic heterocycles. The number of hydrogen-bond donors (Lipinski definition) is 2. The summed E-state index contributed by atoms with van der Waals surface area (Å²) in [6.07, 6.45) is 0. The van der Waals surface area contributed by atoms with Gasteiger partial charge in [-0.05, 0) is 18.6 Å². The molecular formula is C15H15N3O3. The van der Waals surface area contributed by atoms with Crippen LogP contribution in [0.3, 0.4) is 0 Å². The second-order valence-electron chi connectivity index (χ2n) is 4.70. The maximum atomic E-state index is 12.1. The lowest BCUT2D eigenvalue weighted by atomic mass is 10.1. The van der Waals surface area contributed by atoms with Crippen molar-refractivity contribution in [1.29, 1.82) is 0 Å². The van der Waals surface area contributed by atoms with E-state index in [1.807, 2.05) is 31.2 Å². The van der Waals surface area contributed by atoms with E-state index < -0.39 is 10.8 Å². The second-order valence-corrected chi connectivity index (χ2v) is 4.70. The summed E-state index contributed by atoms with van der Waals surface area (Å²) in [6.45, 7) is 2.30. The third-order valence-corrected chi connectivity index (χ3v) is 3.03. The molecular weight excluding hydrogens is 270 g/mol. The molecule has 0 fully saturated rings. The lowest BCUT2D eigenvalue weighted by molar-refractivity contribution is -0.384. The van der Waals surface area contributed by atoms with Crippen molar-refractivity contribution in [3.05, 3.63) is 69.3 Å². The van der Waals surface area contributed by atoms with E-state index in [0.717, 1.165) is 11.1 Å². The molecule has 108 valence electrons. The van der Waals surface area contributed by atoms with Crippen molar-refractivity contribution >= 4 is 17.3 Å². The Bertz CT molecular complexity index is 698. The number of amides is 1. The van der Waals surface area contributed by atoms with Crippen molar-refractivity contribution < 1.29 is 9.72 Å². The van der Waals surface area contributed by atoms with Gasteiger partial charge in [-0.2, -0.15) is 0 Å². The predicted octanol–water partition coefficient (Wildman–Crippen LogP) is 2.42. The third kappa shape index (κ3) is 3.56. The molecule has 2 rings (SSSR count). The highest BCUT2D eigenvalue weighted by molar-refractivity contribution is 5.99. The predicted molar refractivity (Wildman–Crippen MR) is 79.9 cm³/mol. The zero-order chi connectivity index (χ0) is 15.4. The Hall–Kier alpha value is -2.89. The summed E-state index contributed by atoms with van der Waals surface area (Å²) in [5, 5.41) is 13.4. The van der Waals surface area contributed by atoms with E-state index in [-0.39, 0.29) is 16.9 Å². The maximum Gasteiger partial charge on any atom is 0.270 e. The van der Waals surface area contributed by atoms with Crippen molar-refractivity contribution in [1.82, 2.24) is 5.32 Å². The van der Waals surface area contributed by atoms with E-state index >= 15 is 0 Å². The fourth-order valence-electron chi connectivity index (χ4n) is 1.95. The summed E-state index contributed by atoms with van der Waals surface area (Å²) in [7, 11) is 0. The Morgan fingerprint density at radius 1 is 1.29 bits per heavy atom. The molecule has 0 saturated heterocycles. The van der Waals surface area contributed by atoms with Crippen molar-refractivity contribution in [3.8, 4) is 0 Å². The molecule has 0 aliphatic rings. The highest BCUT2D eigenvalue weighted by Gasteiger charge is 2.15. The fourth-order valence-corrected chi connectivity index (χ4v) is 1.95. The van der Waals surface area contributed by atoms with Gasteiger partial charge in [0.1, 0.15) is 0 Å². The first-order valence-corrected chi connectivity index (χ1v) is 6.35. The van der Waals surface area contributed by atoms with Gasteiger partial charge in [0.2, 0.25) is 0 Å². The monoisotopic (exact) mass is 285 g/mol. The van der Waals surface area contributed by atoms with Gasteiger partial charge in [0.05, 0.1) is 10.5 Å². The number of aryl methyl sites for hydroxylation is 1. The van der Waals surface area contributed by atoms with Gasteiger partial charge in [0.15, 0.2) is 0 Å². The van der Waals surface area contributed by atoms with Gasteiger partial charge in [0.25, 0.3) is 11.6 Å². The minimum Gasteiger partial charge on any atom is -0.398 e. The zero-order valence-electron chi connectivity index (χ0n) is 11.5. The SMILES string of the molecule is Cc1cccc(CNC(=O)c2cc([N+](=O)[O-])ccc2N)c1. The van der Waals surface area contributed by atoms with Crippen LogP contribution in [0.2, 0.25) is 0 Å². The lowest BCUT2D eigenvalue weighted by Crippen LogP contribution is -2.24. The molecule has 0 aliphatic heterocycles. The van der Waals surface area contributed by atoms with Gasteiger partial charge in [0, 0.05) is 24.4 Å². The molecule has 2 aromatic carbocycles. The van der Waals surface area contributed by atoms with E-state index in [0.29, 0.717) is 6.54 Å². The minimum absolute atomic E-state index is 0.108. The number of nitrogens with two attached hydrogens (primary N) is 1. The first-order chi connectivity index (χ1) is 9.97. The number of nitrogens with one attached hydrogen (secondary N) is 1. The molecule has 0 saturated carbocycles. The smallest absolute Gasteiger partial charge is 0.270 e. The first kappa shape index (κ1) is 14.5.